The Morgan fingerprint density at radius 3 is 2.66 bits per heavy atom. The van der Waals surface area contributed by atoms with Crippen molar-refractivity contribution in [3.05, 3.63) is 75.1 Å². The van der Waals surface area contributed by atoms with Crippen LogP contribution in [-0.4, -0.2) is 25.6 Å². The number of anilines is 1. The average molecular weight is 411 g/mol. The Labute approximate surface area is 172 Å². The van der Waals surface area contributed by atoms with Crippen LogP contribution in [0.15, 0.2) is 47.6 Å². The highest BCUT2D eigenvalue weighted by atomic mass is 32.2. The van der Waals surface area contributed by atoms with Crippen LogP contribution in [0, 0.1) is 24.0 Å². The summed E-state index contributed by atoms with van der Waals surface area (Å²) in [7, 11) is 1.78. The highest BCUT2D eigenvalue weighted by Gasteiger charge is 2.16. The molecule has 0 aliphatic heterocycles. The van der Waals surface area contributed by atoms with Gasteiger partial charge in [0.25, 0.3) is 5.69 Å². The zero-order valence-electron chi connectivity index (χ0n) is 16.4. The number of nitrogens with zero attached hydrogens (tertiary/aromatic N) is 4. The molecule has 8 nitrogen and oxygen atoms in total. The third-order valence-corrected chi connectivity index (χ3v) is 5.65. The molecule has 0 atom stereocenters. The van der Waals surface area contributed by atoms with Gasteiger partial charge in [-0.3, -0.25) is 14.9 Å². The van der Waals surface area contributed by atoms with E-state index >= 15 is 0 Å². The monoisotopic (exact) mass is 411 g/mol. The fraction of sp³-hybridized carbons (Fsp3) is 0.250. The van der Waals surface area contributed by atoms with Crippen LogP contribution >= 0.6 is 11.8 Å². The summed E-state index contributed by atoms with van der Waals surface area (Å²) >= 11 is 1.34. The molecular weight excluding hydrogens is 390 g/mol. The average Bonchev–Trinajstić information content (AvgIpc) is 3.02. The molecule has 0 unspecified atom stereocenters. The maximum Gasteiger partial charge on any atom is 0.273 e. The molecule has 29 heavy (non-hydrogen) atoms. The number of benzene rings is 2. The van der Waals surface area contributed by atoms with Crippen LogP contribution in [0.2, 0.25) is 0 Å². The molecule has 3 aromatic rings. The Morgan fingerprint density at radius 2 is 1.93 bits per heavy atom. The molecule has 1 amide bonds. The third-order valence-electron chi connectivity index (χ3n) is 4.58. The molecule has 0 fully saturated rings. The molecule has 2 aromatic carbocycles. The minimum absolute atomic E-state index is 0.0789. The zero-order valence-corrected chi connectivity index (χ0v) is 17.2. The lowest BCUT2D eigenvalue weighted by Crippen LogP contribution is -2.17. The summed E-state index contributed by atoms with van der Waals surface area (Å²) in [6, 6.07) is 12.4. The molecule has 0 spiro atoms. The quantitative estimate of drug-likeness (QED) is 0.360. The minimum Gasteiger partial charge on any atom is -0.326 e. The third kappa shape index (κ3) is 5.00. The summed E-state index contributed by atoms with van der Waals surface area (Å²) in [5.41, 5.74) is 3.70. The minimum atomic E-state index is -0.394. The van der Waals surface area contributed by atoms with Gasteiger partial charge in [0.05, 0.1) is 11.3 Å². The first kappa shape index (κ1) is 20.5. The van der Waals surface area contributed by atoms with Crippen molar-refractivity contribution in [3.63, 3.8) is 0 Å². The number of aryl methyl sites for hydroxylation is 2. The molecule has 1 N–H and O–H groups in total. The van der Waals surface area contributed by atoms with Gasteiger partial charge in [0, 0.05) is 30.1 Å². The van der Waals surface area contributed by atoms with Gasteiger partial charge in [0.2, 0.25) is 5.91 Å². The molecule has 3 rings (SSSR count). The van der Waals surface area contributed by atoms with Gasteiger partial charge in [-0.1, -0.05) is 36.0 Å². The van der Waals surface area contributed by atoms with E-state index in [9.17, 15) is 14.9 Å². The lowest BCUT2D eigenvalue weighted by atomic mass is 10.1. The lowest BCUT2D eigenvalue weighted by molar-refractivity contribution is -0.385. The number of hydrogen-bond donors (Lipinski definition) is 1. The topological polar surface area (TPSA) is 103 Å². The number of rotatable bonds is 7. The van der Waals surface area contributed by atoms with E-state index < -0.39 is 4.92 Å². The second kappa shape index (κ2) is 8.87. The predicted molar refractivity (Wildman–Crippen MR) is 112 cm³/mol. The predicted octanol–water partition coefficient (Wildman–Crippen LogP) is 3.81. The number of amides is 1. The van der Waals surface area contributed by atoms with Crippen LogP contribution in [0.1, 0.15) is 22.5 Å². The van der Waals surface area contributed by atoms with Crippen molar-refractivity contribution in [2.24, 2.45) is 7.05 Å². The summed E-state index contributed by atoms with van der Waals surface area (Å²) in [5.74, 6) is 0.730. The van der Waals surface area contributed by atoms with Crippen LogP contribution < -0.4 is 5.32 Å². The van der Waals surface area contributed by atoms with E-state index in [4.69, 9.17) is 0 Å². The standard InChI is InChI=1S/C20H21N5O3S/c1-13-8-9-16(10-14(13)2)21-19(26)11-18-22-23-20(24(18)3)29-12-15-6-4-5-7-17(15)25(27)28/h4-10H,11-12H2,1-3H3,(H,21,26). The van der Waals surface area contributed by atoms with Crippen molar-refractivity contribution in [2.45, 2.75) is 31.2 Å². The van der Waals surface area contributed by atoms with E-state index in [1.54, 1.807) is 29.8 Å². The number of nitrogens with one attached hydrogen (secondary N) is 1. The molecule has 0 saturated carbocycles. The van der Waals surface area contributed by atoms with Gasteiger partial charge in [0.15, 0.2) is 5.16 Å². The molecule has 0 aliphatic carbocycles. The fourth-order valence-corrected chi connectivity index (χ4v) is 3.67. The van der Waals surface area contributed by atoms with Crippen molar-refractivity contribution < 1.29 is 9.72 Å². The fourth-order valence-electron chi connectivity index (χ4n) is 2.75. The van der Waals surface area contributed by atoms with Crippen molar-refractivity contribution in [1.29, 1.82) is 0 Å². The van der Waals surface area contributed by atoms with Gasteiger partial charge in [-0.2, -0.15) is 0 Å². The normalized spacial score (nSPS) is 10.7. The number of thioether (sulfide) groups is 1. The second-order valence-corrected chi connectivity index (χ2v) is 7.60. The zero-order chi connectivity index (χ0) is 21.0. The van der Waals surface area contributed by atoms with Gasteiger partial charge < -0.3 is 9.88 Å². The number of carbonyl (C=O) groups is 1. The Balaban J connectivity index is 1.64. The smallest absolute Gasteiger partial charge is 0.273 e. The number of carbonyl (C=O) groups excluding carboxylic acids is 1. The van der Waals surface area contributed by atoms with Crippen LogP contribution in [0.5, 0.6) is 0 Å². The molecule has 1 aromatic heterocycles. The Morgan fingerprint density at radius 1 is 1.17 bits per heavy atom. The molecule has 0 aliphatic rings. The van der Waals surface area contributed by atoms with Gasteiger partial charge in [-0.25, -0.2) is 0 Å². The molecule has 0 bridgehead atoms. The first-order chi connectivity index (χ1) is 13.8. The van der Waals surface area contributed by atoms with Crippen molar-refractivity contribution in [1.82, 2.24) is 14.8 Å². The number of hydrogen-bond acceptors (Lipinski definition) is 6. The maximum atomic E-state index is 12.4. The second-order valence-electron chi connectivity index (χ2n) is 6.66. The first-order valence-electron chi connectivity index (χ1n) is 8.95. The summed E-state index contributed by atoms with van der Waals surface area (Å²) in [6.07, 6.45) is 0.0858. The number of para-hydroxylation sites is 1. The van der Waals surface area contributed by atoms with E-state index in [2.05, 4.69) is 15.5 Å². The van der Waals surface area contributed by atoms with Crippen molar-refractivity contribution in [2.75, 3.05) is 5.32 Å². The van der Waals surface area contributed by atoms with E-state index in [1.165, 1.54) is 17.8 Å². The van der Waals surface area contributed by atoms with Gasteiger partial charge in [-0.05, 0) is 37.1 Å². The molecule has 1 heterocycles. The number of aromatic nitrogens is 3. The summed E-state index contributed by atoms with van der Waals surface area (Å²) in [6.45, 7) is 4.01. The largest absolute Gasteiger partial charge is 0.326 e. The van der Waals surface area contributed by atoms with Crippen molar-refractivity contribution in [3.8, 4) is 0 Å². The molecular formula is C20H21N5O3S. The number of nitro groups is 1. The van der Waals surface area contributed by atoms with Crippen LogP contribution in [0.4, 0.5) is 11.4 Å². The summed E-state index contributed by atoms with van der Waals surface area (Å²) in [5, 5.41) is 22.8. The highest BCUT2D eigenvalue weighted by Crippen LogP contribution is 2.27. The van der Waals surface area contributed by atoms with Crippen LogP contribution in [0.3, 0.4) is 0 Å². The van der Waals surface area contributed by atoms with Gasteiger partial charge >= 0.3 is 0 Å². The molecule has 0 saturated heterocycles. The Kier molecular flexibility index (Phi) is 6.28. The van der Waals surface area contributed by atoms with E-state index in [0.29, 0.717) is 22.3 Å². The van der Waals surface area contributed by atoms with Gasteiger partial charge in [0.1, 0.15) is 5.82 Å². The highest BCUT2D eigenvalue weighted by molar-refractivity contribution is 7.98. The lowest BCUT2D eigenvalue weighted by Gasteiger charge is -2.08. The SMILES string of the molecule is Cc1ccc(NC(=O)Cc2nnc(SCc3ccccc3[N+](=O)[O-])n2C)cc1C. The maximum absolute atomic E-state index is 12.4. The van der Waals surface area contributed by atoms with Gasteiger partial charge in [-0.15, -0.1) is 10.2 Å². The molecule has 150 valence electrons. The van der Waals surface area contributed by atoms with Crippen molar-refractivity contribution >= 4 is 29.0 Å². The Hall–Kier alpha value is -3.20. The van der Waals surface area contributed by atoms with E-state index in [0.717, 1.165) is 16.8 Å². The van der Waals surface area contributed by atoms with Crippen LogP contribution in [-0.2, 0) is 24.0 Å². The van der Waals surface area contributed by atoms with E-state index in [-0.39, 0.29) is 18.0 Å². The van der Waals surface area contributed by atoms with Crippen LogP contribution in [0.25, 0.3) is 0 Å². The summed E-state index contributed by atoms with van der Waals surface area (Å²) in [4.78, 5) is 23.1. The van der Waals surface area contributed by atoms with E-state index in [1.807, 2.05) is 32.0 Å². The Bertz CT molecular complexity index is 1060. The molecule has 9 heteroatoms. The number of nitro benzene ring substituents is 1. The molecule has 0 radical (unpaired) electrons. The first-order valence-corrected chi connectivity index (χ1v) is 9.94. The summed E-state index contributed by atoms with van der Waals surface area (Å²) < 4.78 is 1.74.